The van der Waals surface area contributed by atoms with Crippen LogP contribution in [0.15, 0.2) is 34.4 Å². The molecule has 0 bridgehead atoms. The molecule has 0 saturated heterocycles. The summed E-state index contributed by atoms with van der Waals surface area (Å²) in [4.78, 5) is 12.7. The van der Waals surface area contributed by atoms with E-state index in [0.29, 0.717) is 19.5 Å². The van der Waals surface area contributed by atoms with E-state index < -0.39 is 0 Å². The van der Waals surface area contributed by atoms with E-state index in [-0.39, 0.29) is 5.91 Å². The summed E-state index contributed by atoms with van der Waals surface area (Å²) in [6.07, 6.45) is 4.01. The number of hydrogen-bond donors (Lipinski definition) is 1. The number of halogens is 1. The highest BCUT2D eigenvalue weighted by Gasteiger charge is 2.03. The fourth-order valence-electron chi connectivity index (χ4n) is 1.36. The summed E-state index contributed by atoms with van der Waals surface area (Å²) >= 11 is 4.96. The Bertz CT molecular complexity index is 481. The number of thiophene rings is 1. The van der Waals surface area contributed by atoms with Crippen molar-refractivity contribution in [3.05, 3.63) is 39.3 Å². The number of rotatable bonds is 5. The minimum Gasteiger partial charge on any atom is -0.351 e. The van der Waals surface area contributed by atoms with Gasteiger partial charge in [-0.3, -0.25) is 9.48 Å². The van der Waals surface area contributed by atoms with Gasteiger partial charge in [0.1, 0.15) is 0 Å². The van der Waals surface area contributed by atoms with E-state index >= 15 is 0 Å². The van der Waals surface area contributed by atoms with Crippen molar-refractivity contribution in [2.75, 3.05) is 0 Å². The van der Waals surface area contributed by atoms with Crippen molar-refractivity contribution in [1.29, 1.82) is 0 Å². The summed E-state index contributed by atoms with van der Waals surface area (Å²) in [7, 11) is 0. The zero-order chi connectivity index (χ0) is 12.1. The first-order chi connectivity index (χ1) is 8.24. The lowest BCUT2D eigenvalue weighted by molar-refractivity contribution is -0.121. The lowest BCUT2D eigenvalue weighted by atomic mass is 10.4. The Labute approximate surface area is 112 Å². The van der Waals surface area contributed by atoms with Gasteiger partial charge >= 0.3 is 0 Å². The first-order valence-corrected chi connectivity index (χ1v) is 6.88. The van der Waals surface area contributed by atoms with Gasteiger partial charge in [-0.1, -0.05) is 6.07 Å². The van der Waals surface area contributed by atoms with Gasteiger partial charge in [0.05, 0.1) is 17.2 Å². The van der Waals surface area contributed by atoms with Gasteiger partial charge in [0.25, 0.3) is 0 Å². The number of nitrogens with one attached hydrogen (secondary N) is 1. The lowest BCUT2D eigenvalue weighted by Gasteiger charge is -2.03. The zero-order valence-electron chi connectivity index (χ0n) is 9.10. The number of hydrogen-bond acceptors (Lipinski definition) is 3. The third-order valence-corrected chi connectivity index (χ3v) is 3.50. The van der Waals surface area contributed by atoms with Crippen LogP contribution in [0, 0.1) is 0 Å². The molecule has 6 heteroatoms. The van der Waals surface area contributed by atoms with Crippen molar-refractivity contribution in [3.8, 4) is 0 Å². The van der Waals surface area contributed by atoms with Crippen LogP contribution in [0.2, 0.25) is 0 Å². The molecule has 1 N–H and O–H groups in total. The van der Waals surface area contributed by atoms with Gasteiger partial charge in [0, 0.05) is 24.0 Å². The highest BCUT2D eigenvalue weighted by molar-refractivity contribution is 9.10. The van der Waals surface area contributed by atoms with Crippen LogP contribution in [0.1, 0.15) is 11.3 Å². The van der Waals surface area contributed by atoms with Gasteiger partial charge in [-0.15, -0.1) is 11.3 Å². The van der Waals surface area contributed by atoms with Crippen LogP contribution in [-0.4, -0.2) is 15.7 Å². The Kier molecular flexibility index (Phi) is 4.33. The normalized spacial score (nSPS) is 10.4. The summed E-state index contributed by atoms with van der Waals surface area (Å²) < 4.78 is 2.67. The van der Waals surface area contributed by atoms with Crippen molar-refractivity contribution in [3.63, 3.8) is 0 Å². The molecule has 1 amide bonds. The molecule has 2 rings (SSSR count). The molecule has 4 nitrogen and oxygen atoms in total. The molecule has 0 radical (unpaired) electrons. The fourth-order valence-corrected chi connectivity index (χ4v) is 2.34. The number of aryl methyl sites for hydroxylation is 1. The first-order valence-electron chi connectivity index (χ1n) is 5.21. The summed E-state index contributed by atoms with van der Waals surface area (Å²) in [5.41, 5.74) is 0. The van der Waals surface area contributed by atoms with E-state index in [1.54, 1.807) is 22.2 Å². The van der Waals surface area contributed by atoms with E-state index in [0.717, 1.165) is 4.47 Å². The minimum absolute atomic E-state index is 0.0463. The van der Waals surface area contributed by atoms with E-state index in [2.05, 4.69) is 26.3 Å². The zero-order valence-corrected chi connectivity index (χ0v) is 11.5. The maximum atomic E-state index is 11.6. The fraction of sp³-hybridized carbons (Fsp3) is 0.273. The van der Waals surface area contributed by atoms with Gasteiger partial charge in [0.2, 0.25) is 5.91 Å². The number of aromatic nitrogens is 2. The number of carbonyl (C=O) groups is 1. The van der Waals surface area contributed by atoms with Crippen molar-refractivity contribution in [2.45, 2.75) is 19.5 Å². The second-order valence-electron chi connectivity index (χ2n) is 3.53. The molecular weight excluding hydrogens is 302 g/mol. The minimum atomic E-state index is 0.0463. The number of amides is 1. The van der Waals surface area contributed by atoms with E-state index in [4.69, 9.17) is 0 Å². The molecule has 0 spiro atoms. The molecular formula is C11H12BrN3OS. The SMILES string of the molecule is O=C(CCn1cc(Br)cn1)NCc1cccs1. The highest BCUT2D eigenvalue weighted by atomic mass is 79.9. The highest BCUT2D eigenvalue weighted by Crippen LogP contribution is 2.08. The molecule has 0 fully saturated rings. The lowest BCUT2D eigenvalue weighted by Crippen LogP contribution is -2.23. The largest absolute Gasteiger partial charge is 0.351 e. The van der Waals surface area contributed by atoms with Gasteiger partial charge in [-0.2, -0.15) is 5.10 Å². The van der Waals surface area contributed by atoms with E-state index in [1.807, 2.05) is 23.7 Å². The molecule has 0 unspecified atom stereocenters. The standard InChI is InChI=1S/C11H12BrN3OS/c12-9-6-14-15(8-9)4-3-11(16)13-7-10-2-1-5-17-10/h1-2,5-6,8H,3-4,7H2,(H,13,16). The predicted molar refractivity (Wildman–Crippen MR) is 70.7 cm³/mol. The third kappa shape index (κ3) is 3.98. The molecule has 0 saturated carbocycles. The van der Waals surface area contributed by atoms with Crippen LogP contribution in [0.3, 0.4) is 0 Å². The first kappa shape index (κ1) is 12.3. The van der Waals surface area contributed by atoms with Crippen molar-refractivity contribution in [2.24, 2.45) is 0 Å². The molecule has 0 atom stereocenters. The molecule has 17 heavy (non-hydrogen) atoms. The van der Waals surface area contributed by atoms with Crippen molar-refractivity contribution >= 4 is 33.2 Å². The number of nitrogens with zero attached hydrogens (tertiary/aromatic N) is 2. The van der Waals surface area contributed by atoms with Crippen LogP contribution in [-0.2, 0) is 17.9 Å². The molecule has 2 aromatic heterocycles. The quantitative estimate of drug-likeness (QED) is 0.921. The molecule has 0 aromatic carbocycles. The smallest absolute Gasteiger partial charge is 0.222 e. The Morgan fingerprint density at radius 1 is 1.59 bits per heavy atom. The summed E-state index contributed by atoms with van der Waals surface area (Å²) in [6.45, 7) is 1.21. The molecule has 90 valence electrons. The summed E-state index contributed by atoms with van der Waals surface area (Å²) in [6, 6.07) is 3.99. The van der Waals surface area contributed by atoms with E-state index in [1.165, 1.54) is 4.88 Å². The Hall–Kier alpha value is -1.14. The molecule has 0 aliphatic carbocycles. The van der Waals surface area contributed by atoms with E-state index in [9.17, 15) is 4.79 Å². The summed E-state index contributed by atoms with van der Waals surface area (Å²) in [5.74, 6) is 0.0463. The van der Waals surface area contributed by atoms with Crippen molar-refractivity contribution < 1.29 is 4.79 Å². The second kappa shape index (κ2) is 5.97. The van der Waals surface area contributed by atoms with Gasteiger partial charge < -0.3 is 5.32 Å². The van der Waals surface area contributed by atoms with Crippen LogP contribution in [0.5, 0.6) is 0 Å². The van der Waals surface area contributed by atoms with Gasteiger partial charge in [-0.25, -0.2) is 0 Å². The average molecular weight is 314 g/mol. The van der Waals surface area contributed by atoms with Crippen molar-refractivity contribution in [1.82, 2.24) is 15.1 Å². The van der Waals surface area contributed by atoms with Crippen LogP contribution in [0.4, 0.5) is 0 Å². The second-order valence-corrected chi connectivity index (χ2v) is 5.48. The van der Waals surface area contributed by atoms with Crippen LogP contribution < -0.4 is 5.32 Å². The predicted octanol–water partition coefficient (Wildman–Crippen LogP) is 2.41. The third-order valence-electron chi connectivity index (χ3n) is 2.21. The van der Waals surface area contributed by atoms with Gasteiger partial charge in [0.15, 0.2) is 0 Å². The molecule has 2 heterocycles. The molecule has 0 aliphatic heterocycles. The monoisotopic (exact) mass is 313 g/mol. The molecule has 2 aromatic rings. The van der Waals surface area contributed by atoms with Crippen LogP contribution >= 0.6 is 27.3 Å². The Balaban J connectivity index is 1.71. The molecule has 0 aliphatic rings. The Morgan fingerprint density at radius 2 is 2.47 bits per heavy atom. The average Bonchev–Trinajstić information content (AvgIpc) is 2.95. The maximum Gasteiger partial charge on any atom is 0.222 e. The topological polar surface area (TPSA) is 46.9 Å². The Morgan fingerprint density at radius 3 is 3.12 bits per heavy atom. The van der Waals surface area contributed by atoms with Crippen LogP contribution in [0.25, 0.3) is 0 Å². The van der Waals surface area contributed by atoms with Gasteiger partial charge in [-0.05, 0) is 27.4 Å². The summed E-state index contributed by atoms with van der Waals surface area (Å²) in [5, 5.41) is 8.97. The number of carbonyl (C=O) groups excluding carboxylic acids is 1. The maximum absolute atomic E-state index is 11.6.